The van der Waals surface area contributed by atoms with Gasteiger partial charge in [-0.25, -0.2) is 4.98 Å². The summed E-state index contributed by atoms with van der Waals surface area (Å²) in [6, 6.07) is 21.7. The predicted molar refractivity (Wildman–Crippen MR) is 98.4 cm³/mol. The van der Waals surface area contributed by atoms with Crippen molar-refractivity contribution < 1.29 is 9.53 Å². The first-order valence-electron chi connectivity index (χ1n) is 7.96. The van der Waals surface area contributed by atoms with Crippen LogP contribution in [0.2, 0.25) is 0 Å². The van der Waals surface area contributed by atoms with Crippen molar-refractivity contribution in [1.82, 2.24) is 9.55 Å². The van der Waals surface area contributed by atoms with Gasteiger partial charge in [-0.15, -0.1) is 0 Å². The Labute approximate surface area is 145 Å². The molecule has 0 unspecified atom stereocenters. The van der Waals surface area contributed by atoms with E-state index in [0.717, 1.165) is 39.9 Å². The zero-order valence-electron chi connectivity index (χ0n) is 13.7. The first-order valence-corrected chi connectivity index (χ1v) is 7.96. The number of para-hydroxylation sites is 1. The molecule has 0 saturated carbocycles. The number of hydrogen-bond acceptors (Lipinski definition) is 3. The molecular weight excluding hydrogens is 312 g/mol. The van der Waals surface area contributed by atoms with Crippen LogP contribution in [0.15, 0.2) is 73.1 Å². The van der Waals surface area contributed by atoms with Crippen LogP contribution in [-0.4, -0.2) is 22.9 Å². The molecular formula is C21H16N2O2. The van der Waals surface area contributed by atoms with E-state index in [1.165, 1.54) is 0 Å². The van der Waals surface area contributed by atoms with Crippen LogP contribution < -0.4 is 4.74 Å². The van der Waals surface area contributed by atoms with Gasteiger partial charge in [0.1, 0.15) is 18.4 Å². The van der Waals surface area contributed by atoms with Gasteiger partial charge < -0.3 is 4.74 Å². The molecule has 0 aliphatic carbocycles. The minimum absolute atomic E-state index is 0.625. The molecule has 0 saturated heterocycles. The number of carbonyl (C=O) groups is 1. The highest BCUT2D eigenvalue weighted by Crippen LogP contribution is 2.31. The van der Waals surface area contributed by atoms with Gasteiger partial charge in [0.05, 0.1) is 18.1 Å². The number of aldehydes is 1. The molecule has 0 aliphatic rings. The van der Waals surface area contributed by atoms with E-state index in [0.29, 0.717) is 5.56 Å². The lowest BCUT2D eigenvalue weighted by molar-refractivity contribution is 0.112. The molecule has 4 rings (SSSR count). The van der Waals surface area contributed by atoms with Crippen molar-refractivity contribution in [2.45, 2.75) is 0 Å². The van der Waals surface area contributed by atoms with Gasteiger partial charge in [-0.2, -0.15) is 0 Å². The maximum absolute atomic E-state index is 10.9. The SMILES string of the molecule is COc1ccccc1-c1cccc(-n2cnc3cc(C=O)ccc32)c1. The number of imidazole rings is 1. The first-order chi connectivity index (χ1) is 12.3. The number of carbonyl (C=O) groups excluding carboxylic acids is 1. The fourth-order valence-electron chi connectivity index (χ4n) is 3.02. The van der Waals surface area contributed by atoms with E-state index in [9.17, 15) is 4.79 Å². The lowest BCUT2D eigenvalue weighted by Gasteiger charge is -2.11. The van der Waals surface area contributed by atoms with Gasteiger partial charge in [0, 0.05) is 16.8 Å². The first kappa shape index (κ1) is 15.1. The molecule has 0 amide bonds. The van der Waals surface area contributed by atoms with Gasteiger partial charge in [0.15, 0.2) is 0 Å². The number of ether oxygens (including phenoxy) is 1. The van der Waals surface area contributed by atoms with Crippen LogP contribution >= 0.6 is 0 Å². The summed E-state index contributed by atoms with van der Waals surface area (Å²) in [5, 5.41) is 0. The average molecular weight is 328 g/mol. The molecule has 4 aromatic rings. The van der Waals surface area contributed by atoms with Gasteiger partial charge in [-0.3, -0.25) is 9.36 Å². The lowest BCUT2D eigenvalue weighted by Crippen LogP contribution is -1.93. The zero-order valence-corrected chi connectivity index (χ0v) is 13.7. The van der Waals surface area contributed by atoms with Crippen molar-refractivity contribution in [3.63, 3.8) is 0 Å². The Balaban J connectivity index is 1.84. The summed E-state index contributed by atoms with van der Waals surface area (Å²) in [4.78, 5) is 15.4. The second-order valence-electron chi connectivity index (χ2n) is 5.73. The van der Waals surface area contributed by atoms with Crippen LogP contribution in [0, 0.1) is 0 Å². The van der Waals surface area contributed by atoms with Crippen LogP contribution in [0.1, 0.15) is 10.4 Å². The van der Waals surface area contributed by atoms with Crippen molar-refractivity contribution >= 4 is 17.3 Å². The van der Waals surface area contributed by atoms with E-state index in [1.807, 2.05) is 47.0 Å². The van der Waals surface area contributed by atoms with Crippen LogP contribution in [0.5, 0.6) is 5.75 Å². The minimum Gasteiger partial charge on any atom is -0.496 e. The second-order valence-corrected chi connectivity index (χ2v) is 5.73. The summed E-state index contributed by atoms with van der Waals surface area (Å²) < 4.78 is 7.49. The standard InChI is InChI=1S/C21H16N2O2/c1-25-21-8-3-2-7-18(21)16-5-4-6-17(12-16)23-14-22-19-11-15(13-24)9-10-20(19)23/h2-14H,1H3. The number of nitrogens with zero attached hydrogens (tertiary/aromatic N) is 2. The molecule has 4 heteroatoms. The Morgan fingerprint density at radius 2 is 1.88 bits per heavy atom. The highest BCUT2D eigenvalue weighted by molar-refractivity contribution is 5.86. The van der Waals surface area contributed by atoms with Gasteiger partial charge in [0.2, 0.25) is 0 Å². The largest absolute Gasteiger partial charge is 0.496 e. The monoisotopic (exact) mass is 328 g/mol. The second kappa shape index (κ2) is 6.24. The van der Waals surface area contributed by atoms with E-state index in [2.05, 4.69) is 17.1 Å². The van der Waals surface area contributed by atoms with Gasteiger partial charge in [-0.05, 0) is 42.0 Å². The number of fused-ring (bicyclic) bond motifs is 1. The smallest absolute Gasteiger partial charge is 0.150 e. The molecule has 122 valence electrons. The van der Waals surface area contributed by atoms with Gasteiger partial charge >= 0.3 is 0 Å². The highest BCUT2D eigenvalue weighted by atomic mass is 16.5. The molecule has 0 spiro atoms. The van der Waals surface area contributed by atoms with Crippen LogP contribution in [-0.2, 0) is 0 Å². The predicted octanol–water partition coefficient (Wildman–Crippen LogP) is 4.51. The van der Waals surface area contributed by atoms with Gasteiger partial charge in [0.25, 0.3) is 0 Å². The molecule has 1 heterocycles. The number of methoxy groups -OCH3 is 1. The fourth-order valence-corrected chi connectivity index (χ4v) is 3.02. The lowest BCUT2D eigenvalue weighted by atomic mass is 10.0. The van der Waals surface area contributed by atoms with Crippen molar-refractivity contribution in [2.24, 2.45) is 0 Å². The Hall–Kier alpha value is -3.40. The Kier molecular flexibility index (Phi) is 3.78. The van der Waals surface area contributed by atoms with E-state index >= 15 is 0 Å². The Bertz CT molecular complexity index is 1070. The fraction of sp³-hybridized carbons (Fsp3) is 0.0476. The number of benzene rings is 3. The summed E-state index contributed by atoms with van der Waals surface area (Å²) >= 11 is 0. The van der Waals surface area contributed by atoms with Crippen molar-refractivity contribution in [3.8, 4) is 22.6 Å². The van der Waals surface area contributed by atoms with Crippen molar-refractivity contribution in [3.05, 3.63) is 78.6 Å². The molecule has 0 fully saturated rings. The topological polar surface area (TPSA) is 44.1 Å². The molecule has 0 aliphatic heterocycles. The molecule has 25 heavy (non-hydrogen) atoms. The molecule has 0 bridgehead atoms. The summed E-state index contributed by atoms with van der Waals surface area (Å²) in [6.07, 6.45) is 2.61. The third-order valence-electron chi connectivity index (χ3n) is 4.25. The van der Waals surface area contributed by atoms with Crippen LogP contribution in [0.4, 0.5) is 0 Å². The van der Waals surface area contributed by atoms with E-state index in [-0.39, 0.29) is 0 Å². The molecule has 3 aromatic carbocycles. The zero-order chi connectivity index (χ0) is 17.2. The van der Waals surface area contributed by atoms with Crippen LogP contribution in [0.3, 0.4) is 0 Å². The Morgan fingerprint density at radius 1 is 1.00 bits per heavy atom. The average Bonchev–Trinajstić information content (AvgIpc) is 3.11. The number of hydrogen-bond donors (Lipinski definition) is 0. The molecule has 0 N–H and O–H groups in total. The maximum Gasteiger partial charge on any atom is 0.150 e. The Morgan fingerprint density at radius 3 is 2.72 bits per heavy atom. The molecule has 1 aromatic heterocycles. The molecule has 0 atom stereocenters. The minimum atomic E-state index is 0.625. The van der Waals surface area contributed by atoms with E-state index in [1.54, 1.807) is 25.6 Å². The number of rotatable bonds is 4. The third kappa shape index (κ3) is 2.68. The van der Waals surface area contributed by atoms with E-state index < -0.39 is 0 Å². The summed E-state index contributed by atoms with van der Waals surface area (Å²) in [5.41, 5.74) is 5.50. The molecule has 4 nitrogen and oxygen atoms in total. The van der Waals surface area contributed by atoms with E-state index in [4.69, 9.17) is 4.74 Å². The quantitative estimate of drug-likeness (QED) is 0.518. The number of aromatic nitrogens is 2. The van der Waals surface area contributed by atoms with Crippen molar-refractivity contribution in [2.75, 3.05) is 7.11 Å². The summed E-state index contributed by atoms with van der Waals surface area (Å²) in [5.74, 6) is 0.839. The maximum atomic E-state index is 10.9. The normalized spacial score (nSPS) is 10.8. The molecule has 0 radical (unpaired) electrons. The highest BCUT2D eigenvalue weighted by Gasteiger charge is 2.09. The summed E-state index contributed by atoms with van der Waals surface area (Å²) in [7, 11) is 1.68. The summed E-state index contributed by atoms with van der Waals surface area (Å²) in [6.45, 7) is 0. The third-order valence-corrected chi connectivity index (χ3v) is 4.25. The van der Waals surface area contributed by atoms with Crippen LogP contribution in [0.25, 0.3) is 27.8 Å². The van der Waals surface area contributed by atoms with Gasteiger partial charge in [-0.1, -0.05) is 30.3 Å². The van der Waals surface area contributed by atoms with Crippen molar-refractivity contribution in [1.29, 1.82) is 0 Å².